The molecule has 32 heavy (non-hydrogen) atoms. The number of pyridine rings is 1. The maximum absolute atomic E-state index is 14.7. The molecule has 2 heterocycles. The highest BCUT2D eigenvalue weighted by Gasteiger charge is 2.24. The van der Waals surface area contributed by atoms with Crippen molar-refractivity contribution < 1.29 is 17.2 Å². The second-order valence-electron chi connectivity index (χ2n) is 7.89. The first kappa shape index (κ1) is 24.2. The summed E-state index contributed by atoms with van der Waals surface area (Å²) in [4.78, 5) is 10.0. The predicted molar refractivity (Wildman–Crippen MR) is 122 cm³/mol. The quantitative estimate of drug-likeness (QED) is 0.484. The molecule has 0 radical (unpaired) electrons. The Kier molecular flexibility index (Phi) is 7.58. The van der Waals surface area contributed by atoms with Crippen LogP contribution >= 0.6 is 11.3 Å². The molecule has 172 valence electrons. The van der Waals surface area contributed by atoms with Crippen LogP contribution in [0.1, 0.15) is 36.4 Å². The summed E-state index contributed by atoms with van der Waals surface area (Å²) < 4.78 is 54.5. The molecule has 0 aliphatic carbocycles. The van der Waals surface area contributed by atoms with Gasteiger partial charge in [-0.3, -0.25) is 4.90 Å². The van der Waals surface area contributed by atoms with E-state index in [-0.39, 0.29) is 12.4 Å². The highest BCUT2D eigenvalue weighted by Crippen LogP contribution is 2.25. The van der Waals surface area contributed by atoms with Crippen LogP contribution in [0, 0.1) is 18.6 Å². The van der Waals surface area contributed by atoms with E-state index in [2.05, 4.69) is 34.0 Å². The van der Waals surface area contributed by atoms with Crippen LogP contribution in [0.3, 0.4) is 0 Å². The molecule has 3 aromatic rings. The van der Waals surface area contributed by atoms with Crippen LogP contribution < -0.4 is 5.32 Å². The summed E-state index contributed by atoms with van der Waals surface area (Å²) in [6.07, 6.45) is 0. The first-order valence-electron chi connectivity index (χ1n) is 10.1. The van der Waals surface area contributed by atoms with E-state index in [1.165, 1.54) is 22.9 Å². The molecule has 0 fully saturated rings. The first-order valence-corrected chi connectivity index (χ1v) is 12.7. The van der Waals surface area contributed by atoms with Crippen LogP contribution in [0.2, 0.25) is 0 Å². The Labute approximate surface area is 191 Å². The molecule has 1 aromatic carbocycles. The fourth-order valence-corrected chi connectivity index (χ4v) is 5.09. The highest BCUT2D eigenvalue weighted by molar-refractivity contribution is 7.90. The molecule has 0 atom stereocenters. The van der Waals surface area contributed by atoms with Crippen molar-refractivity contribution in [2.45, 2.75) is 50.7 Å². The zero-order valence-electron chi connectivity index (χ0n) is 18.4. The minimum Gasteiger partial charge on any atom is -0.379 e. The Morgan fingerprint density at radius 1 is 1.22 bits per heavy atom. The minimum atomic E-state index is -3.99. The van der Waals surface area contributed by atoms with Gasteiger partial charge in [-0.1, -0.05) is 12.1 Å². The molecular weight excluding hydrogens is 454 g/mol. The topological polar surface area (TPSA) is 75.2 Å². The summed E-state index contributed by atoms with van der Waals surface area (Å²) >= 11 is 1.26. The van der Waals surface area contributed by atoms with Crippen molar-refractivity contribution in [2.75, 3.05) is 12.4 Å². The molecule has 0 saturated heterocycles. The van der Waals surface area contributed by atoms with Crippen molar-refractivity contribution in [1.29, 1.82) is 0 Å². The lowest BCUT2D eigenvalue weighted by Crippen LogP contribution is -2.26. The van der Waals surface area contributed by atoms with Crippen molar-refractivity contribution in [2.24, 2.45) is 0 Å². The van der Waals surface area contributed by atoms with Gasteiger partial charge in [-0.25, -0.2) is 27.2 Å². The molecule has 0 aliphatic heterocycles. The van der Waals surface area contributed by atoms with Gasteiger partial charge in [0.2, 0.25) is 9.84 Å². The fraction of sp³-hybridized carbons (Fsp3) is 0.364. The number of sulfone groups is 1. The van der Waals surface area contributed by atoms with Crippen LogP contribution in [0.25, 0.3) is 0 Å². The lowest BCUT2D eigenvalue weighted by atomic mass is 10.1. The van der Waals surface area contributed by atoms with E-state index in [1.54, 1.807) is 18.4 Å². The number of aromatic nitrogens is 2. The third-order valence-electron chi connectivity index (χ3n) is 5.22. The molecule has 6 nitrogen and oxygen atoms in total. The van der Waals surface area contributed by atoms with E-state index in [0.717, 1.165) is 11.6 Å². The van der Waals surface area contributed by atoms with E-state index in [4.69, 9.17) is 0 Å². The van der Waals surface area contributed by atoms with Gasteiger partial charge in [0.05, 0.1) is 28.3 Å². The summed E-state index contributed by atoms with van der Waals surface area (Å²) in [5, 5.41) is 4.00. The zero-order chi connectivity index (χ0) is 23.5. The summed E-state index contributed by atoms with van der Waals surface area (Å²) in [6.45, 7) is 6.36. The smallest absolute Gasteiger partial charge is 0.204 e. The Bertz CT molecular complexity index is 1180. The van der Waals surface area contributed by atoms with Crippen molar-refractivity contribution in [3.8, 4) is 0 Å². The van der Waals surface area contributed by atoms with Gasteiger partial charge in [0, 0.05) is 36.1 Å². The van der Waals surface area contributed by atoms with Gasteiger partial charge in [-0.2, -0.15) is 0 Å². The van der Waals surface area contributed by atoms with E-state index < -0.39 is 26.4 Å². The lowest BCUT2D eigenvalue weighted by molar-refractivity contribution is 0.264. The van der Waals surface area contributed by atoms with Crippen molar-refractivity contribution in [1.82, 2.24) is 14.9 Å². The van der Waals surface area contributed by atoms with Crippen LogP contribution in [0.5, 0.6) is 0 Å². The van der Waals surface area contributed by atoms with Gasteiger partial charge in [0.25, 0.3) is 0 Å². The summed E-state index contributed by atoms with van der Waals surface area (Å²) in [5.74, 6) is -1.74. The van der Waals surface area contributed by atoms with Crippen LogP contribution in [-0.2, 0) is 28.7 Å². The fourth-order valence-electron chi connectivity index (χ4n) is 3.11. The SMILES string of the molecule is Cc1nc(S(=O)(=O)Cc2cscn2)c(F)cc1NCc1c(F)cccc1CN(C)C(C)C. The number of rotatable bonds is 9. The number of thiazole rings is 1. The number of hydrogen-bond acceptors (Lipinski definition) is 7. The van der Waals surface area contributed by atoms with Gasteiger partial charge < -0.3 is 5.32 Å². The molecule has 0 bridgehead atoms. The number of anilines is 1. The largest absolute Gasteiger partial charge is 0.379 e. The monoisotopic (exact) mass is 480 g/mol. The summed E-state index contributed by atoms with van der Waals surface area (Å²) in [6, 6.07) is 6.29. The molecule has 0 amide bonds. The second-order valence-corrected chi connectivity index (χ2v) is 10.5. The first-order chi connectivity index (χ1) is 15.1. The Morgan fingerprint density at radius 2 is 1.97 bits per heavy atom. The molecule has 0 aliphatic rings. The van der Waals surface area contributed by atoms with Crippen molar-refractivity contribution >= 4 is 26.9 Å². The minimum absolute atomic E-state index is 0.112. The zero-order valence-corrected chi connectivity index (χ0v) is 20.0. The lowest BCUT2D eigenvalue weighted by Gasteiger charge is -2.23. The van der Waals surface area contributed by atoms with E-state index >= 15 is 0 Å². The normalized spacial score (nSPS) is 12.0. The molecule has 1 N–H and O–H groups in total. The van der Waals surface area contributed by atoms with Gasteiger partial charge in [0.15, 0.2) is 10.8 Å². The summed E-state index contributed by atoms with van der Waals surface area (Å²) in [7, 11) is -2.03. The predicted octanol–water partition coefficient (Wildman–Crippen LogP) is 4.55. The van der Waals surface area contributed by atoms with E-state index in [9.17, 15) is 17.2 Å². The van der Waals surface area contributed by atoms with Gasteiger partial charge in [-0.15, -0.1) is 11.3 Å². The van der Waals surface area contributed by atoms with Gasteiger partial charge in [0.1, 0.15) is 5.82 Å². The van der Waals surface area contributed by atoms with Crippen LogP contribution in [0.4, 0.5) is 14.5 Å². The van der Waals surface area contributed by atoms with E-state index in [1.807, 2.05) is 13.1 Å². The third kappa shape index (κ3) is 5.67. The molecule has 3 rings (SSSR count). The van der Waals surface area contributed by atoms with Gasteiger partial charge >= 0.3 is 0 Å². The van der Waals surface area contributed by atoms with Crippen LogP contribution in [0.15, 0.2) is 40.2 Å². The number of nitrogens with zero attached hydrogens (tertiary/aromatic N) is 3. The summed E-state index contributed by atoms with van der Waals surface area (Å²) in [5.41, 5.74) is 3.77. The average molecular weight is 481 g/mol. The maximum atomic E-state index is 14.7. The Morgan fingerprint density at radius 3 is 2.62 bits per heavy atom. The van der Waals surface area contributed by atoms with Crippen molar-refractivity contribution in [3.63, 3.8) is 0 Å². The third-order valence-corrected chi connectivity index (χ3v) is 7.41. The maximum Gasteiger partial charge on any atom is 0.204 e. The average Bonchev–Trinajstić information content (AvgIpc) is 3.21. The Balaban J connectivity index is 1.82. The van der Waals surface area contributed by atoms with E-state index in [0.29, 0.717) is 35.2 Å². The Hall–Kier alpha value is -2.43. The molecule has 2 aromatic heterocycles. The van der Waals surface area contributed by atoms with Gasteiger partial charge in [-0.05, 0) is 39.4 Å². The molecule has 0 spiro atoms. The number of hydrogen-bond donors (Lipinski definition) is 1. The second kappa shape index (κ2) is 10.0. The molecular formula is C22H26F2N4O2S2. The standard InChI is InChI=1S/C22H26F2N4O2S2/c1-14(2)28(4)10-16-6-5-7-19(23)18(16)9-25-21-8-20(24)22(27-15(21)3)32(29,30)12-17-11-31-13-26-17/h5-8,11,13-14,25H,9-10,12H2,1-4H3. The number of benzene rings is 1. The number of aryl methyl sites for hydroxylation is 1. The molecule has 10 heteroatoms. The molecule has 0 saturated carbocycles. The van der Waals surface area contributed by atoms with Crippen molar-refractivity contribution in [3.05, 3.63) is 69.3 Å². The highest BCUT2D eigenvalue weighted by atomic mass is 32.2. The van der Waals surface area contributed by atoms with Crippen LogP contribution in [-0.4, -0.2) is 36.4 Å². The number of nitrogens with one attached hydrogen (secondary N) is 1. The molecule has 0 unspecified atom stereocenters. The number of halogens is 2.